The highest BCUT2D eigenvalue weighted by atomic mass is 35.5. The van der Waals surface area contributed by atoms with Crippen LogP contribution in [0.1, 0.15) is 36.2 Å². The van der Waals surface area contributed by atoms with Gasteiger partial charge in [0.2, 0.25) is 0 Å². The number of amidine groups is 1. The van der Waals surface area contributed by atoms with E-state index < -0.39 is 5.54 Å². The van der Waals surface area contributed by atoms with Crippen molar-refractivity contribution in [2.24, 2.45) is 4.99 Å². The molecule has 2 amide bonds. The van der Waals surface area contributed by atoms with E-state index >= 15 is 0 Å². The zero-order valence-corrected chi connectivity index (χ0v) is 20.4. The molecule has 1 N–H and O–H groups in total. The van der Waals surface area contributed by atoms with Gasteiger partial charge in [-0.2, -0.15) is 0 Å². The molecule has 0 unspecified atom stereocenters. The van der Waals surface area contributed by atoms with Crippen molar-refractivity contribution in [3.63, 3.8) is 0 Å². The lowest BCUT2D eigenvalue weighted by atomic mass is 9.97. The number of benzene rings is 2. The fraction of sp³-hybridized carbons (Fsp3) is 0.346. The molecule has 2 aromatic carbocycles. The fourth-order valence-corrected chi connectivity index (χ4v) is 4.57. The van der Waals surface area contributed by atoms with Crippen LogP contribution >= 0.6 is 11.6 Å². The van der Waals surface area contributed by atoms with Gasteiger partial charge >= 0.3 is 0 Å². The first-order valence-electron chi connectivity index (χ1n) is 11.3. The van der Waals surface area contributed by atoms with E-state index in [9.17, 15) is 9.59 Å². The Bertz CT molecular complexity index is 1160. The Morgan fingerprint density at radius 3 is 2.62 bits per heavy atom. The Balaban J connectivity index is 1.45. The number of methoxy groups -OCH3 is 1. The summed E-state index contributed by atoms with van der Waals surface area (Å²) in [5, 5.41) is 3.79. The van der Waals surface area contributed by atoms with Gasteiger partial charge in [-0.05, 0) is 61.7 Å². The van der Waals surface area contributed by atoms with E-state index in [1.807, 2.05) is 50.4 Å². The number of carbonyl (C=O) groups is 2. The summed E-state index contributed by atoms with van der Waals surface area (Å²) in [4.78, 5) is 34.6. The lowest BCUT2D eigenvalue weighted by molar-refractivity contribution is -0.132. The van der Waals surface area contributed by atoms with E-state index in [0.29, 0.717) is 54.8 Å². The maximum atomic E-state index is 13.4. The second-order valence-electron chi connectivity index (χ2n) is 9.03. The Labute approximate surface area is 205 Å². The van der Waals surface area contributed by atoms with Crippen molar-refractivity contribution in [2.45, 2.75) is 25.8 Å². The molecule has 0 bridgehead atoms. The van der Waals surface area contributed by atoms with Crippen LogP contribution in [-0.2, 0) is 4.79 Å². The summed E-state index contributed by atoms with van der Waals surface area (Å²) in [5.74, 6) is 0.722. The normalized spacial score (nSPS) is 17.8. The molecule has 2 aliphatic rings. The number of rotatable bonds is 4. The van der Waals surface area contributed by atoms with Gasteiger partial charge in [-0.3, -0.25) is 14.6 Å². The standard InChI is InChI=1S/C26H29ClN4O3/c1-26(2)17-30(24(32)19-7-5-9-22(15-19)34-3)12-13-31(26)25(33)23-28-11-10-20(16-29-23)18-6-4-8-21(27)14-18/h4-9,14-16H,10-13,17H2,1-3H3,(H,28,29). The zero-order chi connectivity index (χ0) is 24.3. The molecule has 34 heavy (non-hydrogen) atoms. The summed E-state index contributed by atoms with van der Waals surface area (Å²) in [6.45, 7) is 5.74. The second-order valence-corrected chi connectivity index (χ2v) is 9.47. The number of nitrogens with zero attached hydrogens (tertiary/aromatic N) is 3. The predicted octanol–water partition coefficient (Wildman–Crippen LogP) is 3.84. The number of amides is 2. The largest absolute Gasteiger partial charge is 0.497 e. The van der Waals surface area contributed by atoms with Crippen molar-refractivity contribution < 1.29 is 14.3 Å². The third-order valence-corrected chi connectivity index (χ3v) is 6.42. The molecule has 0 aliphatic carbocycles. The van der Waals surface area contributed by atoms with Crippen molar-refractivity contribution in [1.82, 2.24) is 15.1 Å². The van der Waals surface area contributed by atoms with Crippen LogP contribution in [0.25, 0.3) is 5.57 Å². The minimum atomic E-state index is -0.556. The van der Waals surface area contributed by atoms with Crippen LogP contribution in [0, 0.1) is 0 Å². The Kier molecular flexibility index (Phi) is 6.93. The lowest BCUT2D eigenvalue weighted by Crippen LogP contribution is -2.63. The molecule has 2 aromatic rings. The minimum absolute atomic E-state index is 0.0712. The van der Waals surface area contributed by atoms with Crippen molar-refractivity contribution >= 4 is 34.8 Å². The van der Waals surface area contributed by atoms with Gasteiger partial charge in [0.05, 0.1) is 12.6 Å². The van der Waals surface area contributed by atoms with Gasteiger partial charge < -0.3 is 19.9 Å². The van der Waals surface area contributed by atoms with Gasteiger partial charge in [0.25, 0.3) is 11.8 Å². The lowest BCUT2D eigenvalue weighted by Gasteiger charge is -2.47. The molecule has 8 heteroatoms. The molecule has 2 aliphatic heterocycles. The highest BCUT2D eigenvalue weighted by molar-refractivity contribution is 6.38. The van der Waals surface area contributed by atoms with Crippen LogP contribution in [0.5, 0.6) is 5.75 Å². The topological polar surface area (TPSA) is 74.2 Å². The third kappa shape index (κ3) is 5.09. The van der Waals surface area contributed by atoms with Crippen LogP contribution in [0.2, 0.25) is 5.02 Å². The molecule has 1 saturated heterocycles. The predicted molar refractivity (Wildman–Crippen MR) is 134 cm³/mol. The van der Waals surface area contributed by atoms with Gasteiger partial charge in [0.15, 0.2) is 5.84 Å². The molecule has 0 spiro atoms. The highest BCUT2D eigenvalue weighted by Crippen LogP contribution is 2.25. The summed E-state index contributed by atoms with van der Waals surface area (Å²) in [6.07, 6.45) is 2.54. The summed E-state index contributed by atoms with van der Waals surface area (Å²) < 4.78 is 5.25. The zero-order valence-electron chi connectivity index (χ0n) is 19.7. The van der Waals surface area contributed by atoms with Crippen LogP contribution in [0.15, 0.2) is 59.7 Å². The van der Waals surface area contributed by atoms with Crippen LogP contribution in [-0.4, -0.2) is 66.3 Å². The van der Waals surface area contributed by atoms with E-state index in [1.54, 1.807) is 35.1 Å². The summed E-state index contributed by atoms with van der Waals surface area (Å²) in [6, 6.07) is 14.8. The summed E-state index contributed by atoms with van der Waals surface area (Å²) >= 11 is 6.13. The van der Waals surface area contributed by atoms with Crippen molar-refractivity contribution in [2.75, 3.05) is 33.3 Å². The number of carbonyl (C=O) groups excluding carboxylic acids is 2. The Morgan fingerprint density at radius 2 is 1.88 bits per heavy atom. The van der Waals surface area contributed by atoms with E-state index in [-0.39, 0.29) is 11.8 Å². The molecule has 0 saturated carbocycles. The van der Waals surface area contributed by atoms with Gasteiger partial charge in [-0.1, -0.05) is 29.8 Å². The quantitative estimate of drug-likeness (QED) is 0.721. The molecule has 7 nitrogen and oxygen atoms in total. The van der Waals surface area contributed by atoms with Gasteiger partial charge in [0, 0.05) is 43.0 Å². The number of halogens is 1. The van der Waals surface area contributed by atoms with E-state index in [1.165, 1.54) is 0 Å². The Morgan fingerprint density at radius 1 is 1.09 bits per heavy atom. The molecule has 0 radical (unpaired) electrons. The maximum absolute atomic E-state index is 13.4. The molecule has 2 heterocycles. The SMILES string of the molecule is COc1cccc(C(=O)N2CCN(C(=O)C3=NCCC(c4cccc(Cl)c4)=CN3)C(C)(C)C2)c1. The number of nitrogens with one attached hydrogen (secondary N) is 1. The summed E-state index contributed by atoms with van der Waals surface area (Å²) in [7, 11) is 1.58. The molecular weight excluding hydrogens is 452 g/mol. The number of hydrogen-bond acceptors (Lipinski definition) is 5. The molecule has 4 rings (SSSR count). The first-order valence-corrected chi connectivity index (χ1v) is 11.7. The van der Waals surface area contributed by atoms with Gasteiger partial charge in [-0.25, -0.2) is 0 Å². The number of aliphatic imine (C=N–C) groups is 1. The van der Waals surface area contributed by atoms with E-state index in [0.717, 1.165) is 11.1 Å². The Hall–Kier alpha value is -3.32. The second kappa shape index (κ2) is 9.89. The van der Waals surface area contributed by atoms with Crippen LogP contribution < -0.4 is 10.1 Å². The van der Waals surface area contributed by atoms with Crippen molar-refractivity contribution in [1.29, 1.82) is 0 Å². The minimum Gasteiger partial charge on any atom is -0.497 e. The highest BCUT2D eigenvalue weighted by Gasteiger charge is 2.40. The average Bonchev–Trinajstić information content (AvgIpc) is 3.09. The first kappa shape index (κ1) is 23.8. The number of hydrogen-bond donors (Lipinski definition) is 1. The molecule has 0 atom stereocenters. The van der Waals surface area contributed by atoms with Crippen LogP contribution in [0.3, 0.4) is 0 Å². The average molecular weight is 481 g/mol. The molecular formula is C26H29ClN4O3. The van der Waals surface area contributed by atoms with Gasteiger partial charge in [-0.15, -0.1) is 0 Å². The van der Waals surface area contributed by atoms with Crippen LogP contribution in [0.4, 0.5) is 0 Å². The summed E-state index contributed by atoms with van der Waals surface area (Å²) in [5.41, 5.74) is 2.07. The number of ether oxygens (including phenoxy) is 1. The smallest absolute Gasteiger partial charge is 0.289 e. The maximum Gasteiger partial charge on any atom is 0.289 e. The molecule has 178 valence electrons. The van der Waals surface area contributed by atoms with Crippen molar-refractivity contribution in [3.8, 4) is 5.75 Å². The van der Waals surface area contributed by atoms with E-state index in [4.69, 9.17) is 16.3 Å². The monoisotopic (exact) mass is 480 g/mol. The number of piperazine rings is 1. The fourth-order valence-electron chi connectivity index (χ4n) is 4.38. The van der Waals surface area contributed by atoms with Crippen molar-refractivity contribution in [3.05, 3.63) is 70.9 Å². The van der Waals surface area contributed by atoms with E-state index in [2.05, 4.69) is 10.3 Å². The third-order valence-electron chi connectivity index (χ3n) is 6.18. The molecule has 0 aromatic heterocycles. The first-order chi connectivity index (χ1) is 16.3. The molecule has 1 fully saturated rings. The van der Waals surface area contributed by atoms with Gasteiger partial charge in [0.1, 0.15) is 5.75 Å².